The van der Waals surface area contributed by atoms with Gasteiger partial charge in [0.25, 0.3) is 0 Å². The van der Waals surface area contributed by atoms with Crippen LogP contribution in [0.2, 0.25) is 0 Å². The van der Waals surface area contributed by atoms with E-state index in [0.717, 1.165) is 37.2 Å². The zero-order valence-corrected chi connectivity index (χ0v) is 11.8. The predicted molar refractivity (Wildman–Crippen MR) is 75.4 cm³/mol. The zero-order chi connectivity index (χ0) is 13.9. The molecule has 0 heterocycles. The van der Waals surface area contributed by atoms with Crippen molar-refractivity contribution in [3.05, 3.63) is 35.6 Å². The van der Waals surface area contributed by atoms with E-state index < -0.39 is 5.60 Å². The lowest BCUT2D eigenvalue weighted by atomic mass is 9.79. The molecule has 1 atom stereocenters. The summed E-state index contributed by atoms with van der Waals surface area (Å²) in [4.78, 5) is 0. The van der Waals surface area contributed by atoms with E-state index in [1.165, 1.54) is 12.1 Å². The lowest BCUT2D eigenvalue weighted by Crippen LogP contribution is -2.44. The summed E-state index contributed by atoms with van der Waals surface area (Å²) < 4.78 is 12.9. The Labute approximate surface area is 115 Å². The van der Waals surface area contributed by atoms with Crippen molar-refractivity contribution in [2.45, 2.75) is 51.2 Å². The van der Waals surface area contributed by atoms with E-state index in [4.69, 9.17) is 0 Å². The molecule has 0 saturated heterocycles. The molecule has 0 aromatic heterocycles. The molecule has 0 radical (unpaired) electrons. The molecule has 106 valence electrons. The van der Waals surface area contributed by atoms with E-state index in [-0.39, 0.29) is 11.9 Å². The van der Waals surface area contributed by atoms with Gasteiger partial charge in [0.05, 0.1) is 5.60 Å². The van der Waals surface area contributed by atoms with Gasteiger partial charge in [-0.1, -0.05) is 19.1 Å². The van der Waals surface area contributed by atoms with Crippen molar-refractivity contribution in [1.29, 1.82) is 0 Å². The average molecular weight is 265 g/mol. The standard InChI is InChI=1S/C16H24FNO/c1-12-7-9-16(19,10-8-12)11-18-13(2)14-3-5-15(17)6-4-14/h3-6,12-13,18-19H,7-11H2,1-2H3. The number of halogens is 1. The minimum absolute atomic E-state index is 0.129. The maximum Gasteiger partial charge on any atom is 0.123 e. The average Bonchev–Trinajstić information content (AvgIpc) is 2.41. The SMILES string of the molecule is CC1CCC(O)(CNC(C)c2ccc(F)cc2)CC1. The fourth-order valence-electron chi connectivity index (χ4n) is 2.69. The second-order valence-corrected chi connectivity index (χ2v) is 6.06. The van der Waals surface area contributed by atoms with Gasteiger partial charge >= 0.3 is 0 Å². The van der Waals surface area contributed by atoms with Crippen LogP contribution in [0.1, 0.15) is 51.1 Å². The number of nitrogens with one attached hydrogen (secondary N) is 1. The van der Waals surface area contributed by atoms with Gasteiger partial charge in [-0.15, -0.1) is 0 Å². The summed E-state index contributed by atoms with van der Waals surface area (Å²) in [6.07, 6.45) is 3.95. The Kier molecular flexibility index (Phi) is 4.58. The highest BCUT2D eigenvalue weighted by molar-refractivity contribution is 5.19. The Morgan fingerprint density at radius 1 is 1.32 bits per heavy atom. The maximum absolute atomic E-state index is 12.9. The molecule has 1 fully saturated rings. The molecule has 3 heteroatoms. The van der Waals surface area contributed by atoms with Crippen molar-refractivity contribution >= 4 is 0 Å². The lowest BCUT2D eigenvalue weighted by Gasteiger charge is -2.36. The van der Waals surface area contributed by atoms with Crippen LogP contribution < -0.4 is 5.32 Å². The van der Waals surface area contributed by atoms with Crippen LogP contribution in [-0.4, -0.2) is 17.3 Å². The van der Waals surface area contributed by atoms with Gasteiger partial charge in [0.2, 0.25) is 0 Å². The zero-order valence-electron chi connectivity index (χ0n) is 11.8. The van der Waals surface area contributed by atoms with Crippen molar-refractivity contribution in [2.24, 2.45) is 5.92 Å². The first-order valence-corrected chi connectivity index (χ1v) is 7.20. The largest absolute Gasteiger partial charge is 0.389 e. The van der Waals surface area contributed by atoms with Gasteiger partial charge in [0.15, 0.2) is 0 Å². The van der Waals surface area contributed by atoms with Crippen LogP contribution in [-0.2, 0) is 0 Å². The number of benzene rings is 1. The van der Waals surface area contributed by atoms with Crippen LogP contribution in [0.3, 0.4) is 0 Å². The molecule has 1 aliphatic rings. The highest BCUT2D eigenvalue weighted by Gasteiger charge is 2.31. The molecule has 1 unspecified atom stereocenters. The summed E-state index contributed by atoms with van der Waals surface area (Å²) in [5, 5.41) is 13.9. The van der Waals surface area contributed by atoms with Crippen molar-refractivity contribution in [3.8, 4) is 0 Å². The van der Waals surface area contributed by atoms with Gasteiger partial charge < -0.3 is 10.4 Å². The number of rotatable bonds is 4. The van der Waals surface area contributed by atoms with E-state index in [1.807, 2.05) is 6.92 Å². The third-order valence-electron chi connectivity index (χ3n) is 4.31. The van der Waals surface area contributed by atoms with Crippen LogP contribution in [0, 0.1) is 11.7 Å². The Bertz CT molecular complexity index is 396. The van der Waals surface area contributed by atoms with Gasteiger partial charge in [0.1, 0.15) is 5.82 Å². The normalized spacial score (nSPS) is 29.2. The number of aliphatic hydroxyl groups is 1. The van der Waals surface area contributed by atoms with Crippen molar-refractivity contribution < 1.29 is 9.50 Å². The summed E-state index contributed by atoms with van der Waals surface area (Å²) in [6, 6.07) is 6.67. The summed E-state index contributed by atoms with van der Waals surface area (Å²) in [5.41, 5.74) is 0.482. The molecule has 2 rings (SSSR count). The van der Waals surface area contributed by atoms with Gasteiger partial charge in [-0.3, -0.25) is 0 Å². The van der Waals surface area contributed by atoms with Crippen molar-refractivity contribution in [3.63, 3.8) is 0 Å². The van der Waals surface area contributed by atoms with Gasteiger partial charge in [-0.05, 0) is 56.2 Å². The van der Waals surface area contributed by atoms with Crippen LogP contribution in [0.25, 0.3) is 0 Å². The van der Waals surface area contributed by atoms with Gasteiger partial charge in [-0.2, -0.15) is 0 Å². The molecular formula is C16H24FNO. The first kappa shape index (κ1) is 14.5. The van der Waals surface area contributed by atoms with E-state index in [9.17, 15) is 9.50 Å². The summed E-state index contributed by atoms with van der Waals surface area (Å²) in [6.45, 7) is 4.90. The van der Waals surface area contributed by atoms with Crippen molar-refractivity contribution in [1.82, 2.24) is 5.32 Å². The Hall–Kier alpha value is -0.930. The molecule has 0 amide bonds. The Morgan fingerprint density at radius 2 is 1.89 bits per heavy atom. The van der Waals surface area contributed by atoms with Crippen LogP contribution >= 0.6 is 0 Å². The van der Waals surface area contributed by atoms with Crippen LogP contribution in [0.4, 0.5) is 4.39 Å². The third-order valence-corrected chi connectivity index (χ3v) is 4.31. The molecule has 2 nitrogen and oxygen atoms in total. The second-order valence-electron chi connectivity index (χ2n) is 6.06. The molecule has 1 saturated carbocycles. The molecule has 0 bridgehead atoms. The number of hydrogen-bond acceptors (Lipinski definition) is 2. The molecule has 2 N–H and O–H groups in total. The molecule has 1 aromatic carbocycles. The minimum Gasteiger partial charge on any atom is -0.389 e. The number of hydrogen-bond donors (Lipinski definition) is 2. The first-order valence-electron chi connectivity index (χ1n) is 7.20. The smallest absolute Gasteiger partial charge is 0.123 e. The molecular weight excluding hydrogens is 241 g/mol. The summed E-state index contributed by atoms with van der Waals surface area (Å²) in [5.74, 6) is 0.519. The molecule has 19 heavy (non-hydrogen) atoms. The monoisotopic (exact) mass is 265 g/mol. The van der Waals surface area contributed by atoms with Gasteiger partial charge in [0, 0.05) is 12.6 Å². The Balaban J connectivity index is 1.86. The van der Waals surface area contributed by atoms with E-state index in [2.05, 4.69) is 12.2 Å². The lowest BCUT2D eigenvalue weighted by molar-refractivity contribution is -0.00784. The molecule has 1 aromatic rings. The summed E-state index contributed by atoms with van der Waals surface area (Å²) >= 11 is 0. The fraction of sp³-hybridized carbons (Fsp3) is 0.625. The second kappa shape index (κ2) is 6.02. The maximum atomic E-state index is 12.9. The minimum atomic E-state index is -0.569. The highest BCUT2D eigenvalue weighted by atomic mass is 19.1. The van der Waals surface area contributed by atoms with Crippen LogP contribution in [0.5, 0.6) is 0 Å². The Morgan fingerprint density at radius 3 is 2.47 bits per heavy atom. The van der Waals surface area contributed by atoms with Crippen LogP contribution in [0.15, 0.2) is 24.3 Å². The predicted octanol–water partition coefficient (Wildman–Crippen LogP) is 3.42. The van der Waals surface area contributed by atoms with E-state index in [1.54, 1.807) is 12.1 Å². The highest BCUT2D eigenvalue weighted by Crippen LogP contribution is 2.31. The molecule has 0 aliphatic heterocycles. The van der Waals surface area contributed by atoms with Crippen molar-refractivity contribution in [2.75, 3.05) is 6.54 Å². The quantitative estimate of drug-likeness (QED) is 0.874. The topological polar surface area (TPSA) is 32.3 Å². The molecule has 1 aliphatic carbocycles. The summed E-state index contributed by atoms with van der Waals surface area (Å²) in [7, 11) is 0. The van der Waals surface area contributed by atoms with E-state index in [0.29, 0.717) is 6.54 Å². The fourth-order valence-corrected chi connectivity index (χ4v) is 2.69. The third kappa shape index (κ3) is 4.02. The van der Waals surface area contributed by atoms with E-state index >= 15 is 0 Å². The van der Waals surface area contributed by atoms with Gasteiger partial charge in [-0.25, -0.2) is 4.39 Å². The first-order chi connectivity index (χ1) is 8.98. The molecule has 0 spiro atoms.